The Morgan fingerprint density at radius 3 is 2.29 bits per heavy atom. The number of hydrazine groups is 1. The number of hydrogen-bond acceptors (Lipinski definition) is 2. The lowest BCUT2D eigenvalue weighted by atomic mass is 10.4. The van der Waals surface area contributed by atoms with Crippen molar-refractivity contribution < 1.29 is 13.2 Å². The summed E-state index contributed by atoms with van der Waals surface area (Å²) in [4.78, 5) is 4.80. The number of nitrogens with one attached hydrogen (secondary N) is 1. The maximum atomic E-state index is 12.0. The molecule has 0 unspecified atom stereocenters. The first kappa shape index (κ1) is 13.0. The van der Waals surface area contributed by atoms with E-state index in [0.717, 1.165) is 4.90 Å². The minimum atomic E-state index is -4.26. The molecule has 7 heteroatoms. The summed E-state index contributed by atoms with van der Waals surface area (Å²) in [6.07, 6.45) is -4.26. The average molecular weight is 212 g/mol. The first-order valence-electron chi connectivity index (χ1n) is 4.08. The third kappa shape index (κ3) is 5.63. The maximum Gasteiger partial charge on any atom is 0.406 e. The Bertz CT molecular complexity index is 200. The average Bonchev–Trinajstić information content (AvgIpc) is 1.96. The van der Waals surface area contributed by atoms with Gasteiger partial charge in [-0.2, -0.15) is 13.2 Å². The topological polar surface area (TPSA) is 53.6 Å². The van der Waals surface area contributed by atoms with E-state index in [4.69, 9.17) is 5.84 Å². The molecular weight excluding hydrogens is 197 g/mol. The molecule has 0 aromatic rings. The highest BCUT2D eigenvalue weighted by molar-refractivity contribution is 5.79. The Kier molecular flexibility index (Phi) is 4.69. The fraction of sp³-hybridized carbons (Fsp3) is 0.857. The first-order chi connectivity index (χ1) is 6.26. The minimum absolute atomic E-state index is 0.0253. The van der Waals surface area contributed by atoms with Crippen LogP contribution in [0.3, 0.4) is 0 Å². The summed E-state index contributed by atoms with van der Waals surface area (Å²) in [7, 11) is 1.27. The van der Waals surface area contributed by atoms with Crippen molar-refractivity contribution in [3.8, 4) is 0 Å². The number of guanidine groups is 1. The number of hydrogen-bond donors (Lipinski definition) is 2. The van der Waals surface area contributed by atoms with E-state index < -0.39 is 12.7 Å². The zero-order valence-electron chi connectivity index (χ0n) is 8.39. The second-order valence-electron chi connectivity index (χ2n) is 3.16. The quantitative estimate of drug-likeness (QED) is 0.307. The molecule has 0 radical (unpaired) electrons. The second-order valence-corrected chi connectivity index (χ2v) is 3.16. The molecule has 84 valence electrons. The van der Waals surface area contributed by atoms with Crippen LogP contribution in [0, 0.1) is 0 Å². The molecule has 0 aliphatic carbocycles. The van der Waals surface area contributed by atoms with Crippen LogP contribution >= 0.6 is 0 Å². The van der Waals surface area contributed by atoms with Crippen LogP contribution in [0.4, 0.5) is 13.2 Å². The van der Waals surface area contributed by atoms with Gasteiger partial charge in [0.15, 0.2) is 0 Å². The van der Waals surface area contributed by atoms with Gasteiger partial charge in [0, 0.05) is 13.1 Å². The molecule has 14 heavy (non-hydrogen) atoms. The Morgan fingerprint density at radius 2 is 2.00 bits per heavy atom. The Labute approximate surface area is 80.9 Å². The number of aliphatic imine (C=N–C) groups is 1. The largest absolute Gasteiger partial charge is 0.406 e. The SMILES string of the molecule is CC(C)N=C(NN)N(C)CC(F)(F)F. The molecule has 0 saturated carbocycles. The lowest BCUT2D eigenvalue weighted by Crippen LogP contribution is -2.46. The molecule has 0 rings (SSSR count). The van der Waals surface area contributed by atoms with Gasteiger partial charge in [0.05, 0.1) is 0 Å². The zero-order chi connectivity index (χ0) is 11.4. The van der Waals surface area contributed by atoms with Crippen LogP contribution in [-0.2, 0) is 0 Å². The van der Waals surface area contributed by atoms with Gasteiger partial charge < -0.3 is 4.90 Å². The summed E-state index contributed by atoms with van der Waals surface area (Å²) in [6, 6.07) is -0.114. The molecule has 0 atom stereocenters. The number of rotatable bonds is 2. The van der Waals surface area contributed by atoms with E-state index in [2.05, 4.69) is 10.4 Å². The summed E-state index contributed by atoms with van der Waals surface area (Å²) in [5, 5.41) is 0. The maximum absolute atomic E-state index is 12.0. The second kappa shape index (κ2) is 5.04. The van der Waals surface area contributed by atoms with E-state index in [1.807, 2.05) is 0 Å². The van der Waals surface area contributed by atoms with Crippen molar-refractivity contribution in [3.05, 3.63) is 0 Å². The van der Waals surface area contributed by atoms with Crippen molar-refractivity contribution in [2.45, 2.75) is 26.1 Å². The molecule has 0 heterocycles. The zero-order valence-corrected chi connectivity index (χ0v) is 8.39. The van der Waals surface area contributed by atoms with Gasteiger partial charge in [0.25, 0.3) is 0 Å². The Balaban J connectivity index is 4.40. The predicted molar refractivity (Wildman–Crippen MR) is 48.6 cm³/mol. The molecule has 0 aromatic carbocycles. The lowest BCUT2D eigenvalue weighted by molar-refractivity contribution is -0.136. The van der Waals surface area contributed by atoms with E-state index in [1.165, 1.54) is 7.05 Å². The van der Waals surface area contributed by atoms with Gasteiger partial charge >= 0.3 is 6.18 Å². The molecule has 3 N–H and O–H groups in total. The Morgan fingerprint density at radius 1 is 1.50 bits per heavy atom. The van der Waals surface area contributed by atoms with Crippen LogP contribution in [0.15, 0.2) is 4.99 Å². The molecule has 0 saturated heterocycles. The Hall–Kier alpha value is -0.980. The predicted octanol–water partition coefficient (Wildman–Crippen LogP) is 0.708. The summed E-state index contributed by atoms with van der Waals surface area (Å²) < 4.78 is 35.9. The standard InChI is InChI=1S/C7H15F3N4/c1-5(2)12-6(13-11)14(3)4-7(8,9)10/h5H,4,11H2,1-3H3,(H,12,13). The molecule has 0 spiro atoms. The highest BCUT2D eigenvalue weighted by atomic mass is 19.4. The number of alkyl halides is 3. The van der Waals surface area contributed by atoms with Gasteiger partial charge in [-0.1, -0.05) is 0 Å². The lowest BCUT2D eigenvalue weighted by Gasteiger charge is -2.22. The van der Waals surface area contributed by atoms with Gasteiger partial charge in [-0.05, 0) is 13.8 Å². The van der Waals surface area contributed by atoms with Gasteiger partial charge in [0.2, 0.25) is 5.96 Å². The molecule has 0 aliphatic heterocycles. The monoisotopic (exact) mass is 212 g/mol. The van der Waals surface area contributed by atoms with Crippen molar-refractivity contribution in [3.63, 3.8) is 0 Å². The molecule has 0 bridgehead atoms. The number of halogens is 3. The van der Waals surface area contributed by atoms with Crippen molar-refractivity contribution in [1.82, 2.24) is 10.3 Å². The van der Waals surface area contributed by atoms with E-state index >= 15 is 0 Å². The fourth-order valence-corrected chi connectivity index (χ4v) is 0.834. The highest BCUT2D eigenvalue weighted by Gasteiger charge is 2.30. The van der Waals surface area contributed by atoms with Gasteiger partial charge in [-0.3, -0.25) is 5.43 Å². The first-order valence-corrected chi connectivity index (χ1v) is 4.08. The molecule has 0 amide bonds. The smallest absolute Gasteiger partial charge is 0.336 e. The van der Waals surface area contributed by atoms with E-state index in [0.29, 0.717) is 0 Å². The van der Waals surface area contributed by atoms with Gasteiger partial charge in [0.1, 0.15) is 6.54 Å². The van der Waals surface area contributed by atoms with Crippen LogP contribution in [-0.4, -0.2) is 36.7 Å². The summed E-state index contributed by atoms with van der Waals surface area (Å²) in [6.45, 7) is 2.42. The number of nitrogens with zero attached hydrogens (tertiary/aromatic N) is 2. The van der Waals surface area contributed by atoms with Crippen molar-refractivity contribution in [2.24, 2.45) is 10.8 Å². The molecule has 0 fully saturated rings. The van der Waals surface area contributed by atoms with Crippen LogP contribution in [0.5, 0.6) is 0 Å². The van der Waals surface area contributed by atoms with Crippen molar-refractivity contribution in [2.75, 3.05) is 13.6 Å². The summed E-state index contributed by atoms with van der Waals surface area (Å²) >= 11 is 0. The minimum Gasteiger partial charge on any atom is -0.336 e. The van der Waals surface area contributed by atoms with E-state index in [9.17, 15) is 13.2 Å². The third-order valence-corrected chi connectivity index (χ3v) is 1.29. The summed E-state index contributed by atoms with van der Waals surface area (Å²) in [5.74, 6) is 5.08. The molecule has 0 aromatic heterocycles. The van der Waals surface area contributed by atoms with Crippen LogP contribution in [0.1, 0.15) is 13.8 Å². The third-order valence-electron chi connectivity index (χ3n) is 1.29. The normalized spacial score (nSPS) is 13.3. The van der Waals surface area contributed by atoms with Crippen molar-refractivity contribution in [1.29, 1.82) is 0 Å². The number of nitrogens with two attached hydrogens (primary N) is 1. The van der Waals surface area contributed by atoms with Gasteiger partial charge in [-0.25, -0.2) is 10.8 Å². The van der Waals surface area contributed by atoms with Gasteiger partial charge in [-0.15, -0.1) is 0 Å². The van der Waals surface area contributed by atoms with Crippen LogP contribution in [0.25, 0.3) is 0 Å². The van der Waals surface area contributed by atoms with Crippen LogP contribution < -0.4 is 11.3 Å². The summed E-state index contributed by atoms with van der Waals surface area (Å²) in [5.41, 5.74) is 2.13. The van der Waals surface area contributed by atoms with Crippen molar-refractivity contribution >= 4 is 5.96 Å². The highest BCUT2D eigenvalue weighted by Crippen LogP contribution is 2.15. The fourth-order valence-electron chi connectivity index (χ4n) is 0.834. The molecule has 4 nitrogen and oxygen atoms in total. The van der Waals surface area contributed by atoms with E-state index in [1.54, 1.807) is 13.8 Å². The molecular formula is C7H15F3N4. The van der Waals surface area contributed by atoms with E-state index in [-0.39, 0.29) is 12.0 Å². The molecule has 0 aliphatic rings. The van der Waals surface area contributed by atoms with Crippen LogP contribution in [0.2, 0.25) is 0 Å².